The van der Waals surface area contributed by atoms with E-state index in [1.54, 1.807) is 12.1 Å². The van der Waals surface area contributed by atoms with Gasteiger partial charge in [0.2, 0.25) is 0 Å². The van der Waals surface area contributed by atoms with E-state index in [0.29, 0.717) is 22.7 Å². The maximum absolute atomic E-state index is 12.4. The summed E-state index contributed by atoms with van der Waals surface area (Å²) in [6.07, 6.45) is 4.67. The molecule has 0 fully saturated rings. The predicted molar refractivity (Wildman–Crippen MR) is 75.5 cm³/mol. The van der Waals surface area contributed by atoms with Crippen molar-refractivity contribution in [3.8, 4) is 0 Å². The lowest BCUT2D eigenvalue weighted by Crippen LogP contribution is -2.15. The topological polar surface area (TPSA) is 12.0 Å². The van der Waals surface area contributed by atoms with E-state index >= 15 is 0 Å². The molecular formula is C14H21F2NS. The minimum Gasteiger partial charge on any atom is -0.382 e. The molecule has 1 aromatic carbocycles. The highest BCUT2D eigenvalue weighted by Gasteiger charge is 2.11. The molecule has 0 amide bonds. The Morgan fingerprint density at radius 3 is 2.61 bits per heavy atom. The molecule has 0 aliphatic rings. The maximum atomic E-state index is 12.4. The van der Waals surface area contributed by atoms with Crippen LogP contribution in [-0.4, -0.2) is 11.8 Å². The zero-order valence-electron chi connectivity index (χ0n) is 11.0. The smallest absolute Gasteiger partial charge is 0.288 e. The lowest BCUT2D eigenvalue weighted by atomic mass is 10.1. The van der Waals surface area contributed by atoms with Crippen LogP contribution in [0.25, 0.3) is 0 Å². The summed E-state index contributed by atoms with van der Waals surface area (Å²) in [5.74, 6) is -2.37. The van der Waals surface area contributed by atoms with E-state index in [9.17, 15) is 8.78 Å². The van der Waals surface area contributed by atoms with Gasteiger partial charge in [0.15, 0.2) is 0 Å². The van der Waals surface area contributed by atoms with Crippen LogP contribution in [0.1, 0.15) is 39.5 Å². The summed E-state index contributed by atoms with van der Waals surface area (Å²) >= 11 is 0.600. The number of nitrogens with one attached hydrogen (secondary N) is 1. The first kappa shape index (κ1) is 15.3. The Hall–Kier alpha value is -0.770. The molecule has 0 heterocycles. The standard InChI is InChI=1S/C14H21F2NS/c1-3-4-5-8-11(2)17-12-9-6-7-10-13(12)18-14(15)16/h6-7,9-11,14,17H,3-5,8H2,1-2H3. The zero-order valence-corrected chi connectivity index (χ0v) is 11.8. The van der Waals surface area contributed by atoms with Gasteiger partial charge in [-0.25, -0.2) is 0 Å². The Balaban J connectivity index is 2.54. The fourth-order valence-corrected chi connectivity index (χ4v) is 2.43. The van der Waals surface area contributed by atoms with Gasteiger partial charge in [-0.3, -0.25) is 0 Å². The largest absolute Gasteiger partial charge is 0.382 e. The summed E-state index contributed by atoms with van der Waals surface area (Å²) < 4.78 is 24.8. The molecule has 0 aromatic heterocycles. The molecule has 0 spiro atoms. The Labute approximate surface area is 112 Å². The first-order valence-corrected chi connectivity index (χ1v) is 7.31. The third-order valence-electron chi connectivity index (χ3n) is 2.75. The van der Waals surface area contributed by atoms with Crippen LogP contribution in [0.4, 0.5) is 14.5 Å². The molecule has 1 nitrogen and oxygen atoms in total. The van der Waals surface area contributed by atoms with Gasteiger partial charge in [-0.1, -0.05) is 50.1 Å². The Bertz CT molecular complexity index is 344. The molecule has 1 rings (SSSR count). The van der Waals surface area contributed by atoms with E-state index in [1.165, 1.54) is 19.3 Å². The highest BCUT2D eigenvalue weighted by Crippen LogP contribution is 2.32. The van der Waals surface area contributed by atoms with E-state index in [2.05, 4.69) is 19.2 Å². The highest BCUT2D eigenvalue weighted by molar-refractivity contribution is 7.99. The van der Waals surface area contributed by atoms with Crippen molar-refractivity contribution in [2.24, 2.45) is 0 Å². The van der Waals surface area contributed by atoms with Crippen LogP contribution >= 0.6 is 11.8 Å². The number of anilines is 1. The van der Waals surface area contributed by atoms with Gasteiger partial charge in [0, 0.05) is 16.6 Å². The second-order valence-electron chi connectivity index (χ2n) is 4.42. The number of halogens is 2. The van der Waals surface area contributed by atoms with Crippen molar-refractivity contribution < 1.29 is 8.78 Å². The van der Waals surface area contributed by atoms with Crippen LogP contribution in [0.15, 0.2) is 29.2 Å². The summed E-state index contributed by atoms with van der Waals surface area (Å²) in [4.78, 5) is 0.620. The molecule has 0 bridgehead atoms. The number of rotatable bonds is 8. The molecule has 1 atom stereocenters. The van der Waals surface area contributed by atoms with Gasteiger partial charge < -0.3 is 5.32 Å². The Kier molecular flexibility index (Phi) is 7.09. The number of benzene rings is 1. The van der Waals surface area contributed by atoms with Crippen LogP contribution in [0.5, 0.6) is 0 Å². The first-order valence-electron chi connectivity index (χ1n) is 6.43. The van der Waals surface area contributed by atoms with Gasteiger partial charge in [0.1, 0.15) is 0 Å². The molecule has 0 aliphatic heterocycles. The Morgan fingerprint density at radius 2 is 1.94 bits per heavy atom. The predicted octanol–water partition coefficient (Wildman–Crippen LogP) is 5.38. The molecule has 18 heavy (non-hydrogen) atoms. The van der Waals surface area contributed by atoms with Gasteiger partial charge in [-0.2, -0.15) is 8.78 Å². The van der Waals surface area contributed by atoms with Crippen LogP contribution in [-0.2, 0) is 0 Å². The monoisotopic (exact) mass is 273 g/mol. The Morgan fingerprint density at radius 1 is 1.22 bits per heavy atom. The molecule has 1 aromatic rings. The van der Waals surface area contributed by atoms with Gasteiger partial charge in [0.25, 0.3) is 5.76 Å². The molecule has 0 saturated heterocycles. The molecular weight excluding hydrogens is 252 g/mol. The average molecular weight is 273 g/mol. The minimum absolute atomic E-state index is 0.316. The van der Waals surface area contributed by atoms with E-state index in [-0.39, 0.29) is 0 Å². The van der Waals surface area contributed by atoms with Crippen molar-refractivity contribution in [2.45, 2.75) is 56.2 Å². The van der Waals surface area contributed by atoms with Crippen LogP contribution < -0.4 is 5.32 Å². The summed E-state index contributed by atoms with van der Waals surface area (Å²) in [7, 11) is 0. The number of para-hydroxylation sites is 1. The van der Waals surface area contributed by atoms with Crippen molar-refractivity contribution in [3.05, 3.63) is 24.3 Å². The van der Waals surface area contributed by atoms with Gasteiger partial charge >= 0.3 is 0 Å². The second kappa shape index (κ2) is 8.35. The lowest BCUT2D eigenvalue weighted by molar-refractivity contribution is 0.252. The van der Waals surface area contributed by atoms with Gasteiger partial charge in [0.05, 0.1) is 0 Å². The van der Waals surface area contributed by atoms with Crippen LogP contribution in [0.3, 0.4) is 0 Å². The van der Waals surface area contributed by atoms with Crippen LogP contribution in [0, 0.1) is 0 Å². The van der Waals surface area contributed by atoms with E-state index in [4.69, 9.17) is 0 Å². The van der Waals surface area contributed by atoms with Crippen molar-refractivity contribution in [3.63, 3.8) is 0 Å². The molecule has 1 unspecified atom stereocenters. The summed E-state index contributed by atoms with van der Waals surface area (Å²) in [5.41, 5.74) is 0.812. The molecule has 4 heteroatoms. The fraction of sp³-hybridized carbons (Fsp3) is 0.571. The van der Waals surface area contributed by atoms with Crippen molar-refractivity contribution >= 4 is 17.4 Å². The number of alkyl halides is 2. The minimum atomic E-state index is -2.37. The normalized spacial score (nSPS) is 12.7. The third-order valence-corrected chi connectivity index (χ3v) is 3.53. The molecule has 0 radical (unpaired) electrons. The zero-order chi connectivity index (χ0) is 13.4. The summed E-state index contributed by atoms with van der Waals surface area (Å²) in [6.45, 7) is 4.27. The molecule has 102 valence electrons. The number of hydrogen-bond acceptors (Lipinski definition) is 2. The van der Waals surface area contributed by atoms with Crippen molar-refractivity contribution in [1.82, 2.24) is 0 Å². The SMILES string of the molecule is CCCCCC(C)Nc1ccccc1SC(F)F. The van der Waals surface area contributed by atoms with Crippen LogP contribution in [0.2, 0.25) is 0 Å². The number of hydrogen-bond donors (Lipinski definition) is 1. The molecule has 0 saturated carbocycles. The fourth-order valence-electron chi connectivity index (χ4n) is 1.82. The maximum Gasteiger partial charge on any atom is 0.288 e. The van der Waals surface area contributed by atoms with Gasteiger partial charge in [-0.05, 0) is 25.5 Å². The quantitative estimate of drug-likeness (QED) is 0.504. The number of unbranched alkanes of at least 4 members (excludes halogenated alkanes) is 2. The first-order chi connectivity index (χ1) is 8.63. The summed E-state index contributed by atoms with van der Waals surface area (Å²) in [6, 6.07) is 7.57. The third kappa shape index (κ3) is 5.71. The summed E-state index contributed by atoms with van der Waals surface area (Å²) in [5, 5.41) is 3.32. The van der Waals surface area contributed by atoms with Gasteiger partial charge in [-0.15, -0.1) is 0 Å². The molecule has 0 aliphatic carbocycles. The van der Waals surface area contributed by atoms with Crippen molar-refractivity contribution in [2.75, 3.05) is 5.32 Å². The molecule has 1 N–H and O–H groups in total. The van der Waals surface area contributed by atoms with Crippen molar-refractivity contribution in [1.29, 1.82) is 0 Å². The highest BCUT2D eigenvalue weighted by atomic mass is 32.2. The van der Waals surface area contributed by atoms with E-state index < -0.39 is 5.76 Å². The lowest BCUT2D eigenvalue weighted by Gasteiger charge is -2.17. The van der Waals surface area contributed by atoms with E-state index in [0.717, 1.165) is 12.1 Å². The number of thioether (sulfide) groups is 1. The second-order valence-corrected chi connectivity index (χ2v) is 5.45. The average Bonchev–Trinajstić information content (AvgIpc) is 2.31. The van der Waals surface area contributed by atoms with E-state index in [1.807, 2.05) is 12.1 Å².